The maximum atomic E-state index is 12.5. The Labute approximate surface area is 210 Å². The highest BCUT2D eigenvalue weighted by molar-refractivity contribution is 8.00. The number of amides is 2. The number of benzene rings is 1. The van der Waals surface area contributed by atoms with Gasteiger partial charge in [-0.2, -0.15) is 0 Å². The van der Waals surface area contributed by atoms with Crippen molar-refractivity contribution in [2.24, 2.45) is 0 Å². The molecule has 1 saturated heterocycles. The summed E-state index contributed by atoms with van der Waals surface area (Å²) in [6.45, 7) is 0.397. The van der Waals surface area contributed by atoms with Crippen LogP contribution in [0.5, 0.6) is 5.88 Å². The largest absolute Gasteiger partial charge is 0.481 e. The number of anilines is 2. The lowest BCUT2D eigenvalue weighted by atomic mass is 10.1. The Kier molecular flexibility index (Phi) is 6.92. The molecule has 1 aromatic carbocycles. The van der Waals surface area contributed by atoms with Gasteiger partial charge in [0.05, 0.1) is 42.2 Å². The molecule has 3 atom stereocenters. The Morgan fingerprint density at radius 2 is 2.14 bits per heavy atom. The van der Waals surface area contributed by atoms with Gasteiger partial charge in [0.15, 0.2) is 0 Å². The Hall–Kier alpha value is -3.45. The van der Waals surface area contributed by atoms with Crippen molar-refractivity contribution in [1.82, 2.24) is 15.3 Å². The van der Waals surface area contributed by atoms with Crippen LogP contribution in [0.3, 0.4) is 0 Å². The van der Waals surface area contributed by atoms with Crippen molar-refractivity contribution >= 4 is 46.2 Å². The van der Waals surface area contributed by atoms with Crippen LogP contribution in [0.15, 0.2) is 47.5 Å². The summed E-state index contributed by atoms with van der Waals surface area (Å²) in [6, 6.07) is 10.7. The van der Waals surface area contributed by atoms with Crippen molar-refractivity contribution < 1.29 is 29.3 Å². The van der Waals surface area contributed by atoms with E-state index in [0.29, 0.717) is 34.0 Å². The Morgan fingerprint density at radius 3 is 2.97 bits per heavy atom. The number of nitrogens with one attached hydrogen (secondary N) is 2. The Morgan fingerprint density at radius 1 is 1.28 bits per heavy atom. The fourth-order valence-corrected chi connectivity index (χ4v) is 4.93. The SMILES string of the molecule is COc1ccc2nccc(CNC(O)C[C@H](O)C3CN(c4ccc5c(c4)NC(=O)CS5)C(=O)O3)c2n1. The van der Waals surface area contributed by atoms with Crippen molar-refractivity contribution in [3.8, 4) is 5.88 Å². The zero-order valence-corrected chi connectivity index (χ0v) is 20.2. The van der Waals surface area contributed by atoms with Gasteiger partial charge in [-0.15, -0.1) is 11.8 Å². The molecular weight excluding hydrogens is 486 g/mol. The maximum absolute atomic E-state index is 12.5. The minimum Gasteiger partial charge on any atom is -0.481 e. The number of fused-ring (bicyclic) bond motifs is 2. The van der Waals surface area contributed by atoms with E-state index in [-0.39, 0.29) is 25.4 Å². The van der Waals surface area contributed by atoms with Gasteiger partial charge in [0.25, 0.3) is 0 Å². The number of aliphatic hydroxyl groups excluding tert-OH is 2. The monoisotopic (exact) mass is 511 g/mol. The van der Waals surface area contributed by atoms with Crippen molar-refractivity contribution in [3.63, 3.8) is 0 Å². The average molecular weight is 512 g/mol. The third kappa shape index (κ3) is 5.07. The first kappa shape index (κ1) is 24.3. The maximum Gasteiger partial charge on any atom is 0.414 e. The molecule has 1 fully saturated rings. The van der Waals surface area contributed by atoms with Crippen LogP contribution in [0.1, 0.15) is 12.0 Å². The van der Waals surface area contributed by atoms with Crippen LogP contribution in [0.4, 0.5) is 16.2 Å². The molecule has 4 heterocycles. The number of pyridine rings is 2. The lowest BCUT2D eigenvalue weighted by Gasteiger charge is -2.21. The van der Waals surface area contributed by atoms with Gasteiger partial charge in [-0.25, -0.2) is 9.78 Å². The summed E-state index contributed by atoms with van der Waals surface area (Å²) in [5.74, 6) is 0.712. The summed E-state index contributed by atoms with van der Waals surface area (Å²) >= 11 is 1.43. The van der Waals surface area contributed by atoms with E-state index in [1.165, 1.54) is 23.8 Å². The van der Waals surface area contributed by atoms with Gasteiger partial charge in [0.1, 0.15) is 12.3 Å². The third-order valence-electron chi connectivity index (χ3n) is 6.02. The molecule has 188 valence electrons. The fourth-order valence-electron chi connectivity index (χ4n) is 4.14. The number of carbonyl (C=O) groups is 2. The standard InChI is InChI=1S/C24H25N5O6S/c1-34-22-5-3-15-23(28-22)13(6-7-25-15)10-26-20(31)9-17(30)18-11-29(24(33)35-18)14-2-4-19-16(8-14)27-21(32)12-36-19/h2-8,17-18,20,26,30-31H,9-12H2,1H3,(H,27,32)/t17-,18?,20?/m0/s1. The number of nitrogens with zero attached hydrogens (tertiary/aromatic N) is 3. The fraction of sp³-hybridized carbons (Fsp3) is 0.333. The van der Waals surface area contributed by atoms with Crippen LogP contribution in [-0.2, 0) is 16.1 Å². The molecule has 12 heteroatoms. The molecular formula is C24H25N5O6S. The summed E-state index contributed by atoms with van der Waals surface area (Å²) < 4.78 is 10.6. The van der Waals surface area contributed by atoms with Crippen molar-refractivity contribution in [2.45, 2.75) is 36.3 Å². The molecule has 2 aromatic heterocycles. The first-order valence-electron chi connectivity index (χ1n) is 11.3. The van der Waals surface area contributed by atoms with Crippen LogP contribution in [0.2, 0.25) is 0 Å². The van der Waals surface area contributed by atoms with Crippen LogP contribution in [0, 0.1) is 0 Å². The quantitative estimate of drug-likeness (QED) is 0.331. The van der Waals surface area contributed by atoms with Gasteiger partial charge in [-0.3, -0.25) is 20.0 Å². The molecule has 0 spiro atoms. The zero-order valence-electron chi connectivity index (χ0n) is 19.4. The van der Waals surface area contributed by atoms with Crippen molar-refractivity contribution in [3.05, 3.63) is 48.2 Å². The first-order valence-corrected chi connectivity index (χ1v) is 12.3. The minimum absolute atomic E-state index is 0.0531. The predicted octanol–water partition coefficient (Wildman–Crippen LogP) is 1.87. The number of methoxy groups -OCH3 is 1. The van der Waals surface area contributed by atoms with Crippen LogP contribution < -0.4 is 20.3 Å². The van der Waals surface area contributed by atoms with E-state index in [4.69, 9.17) is 9.47 Å². The van der Waals surface area contributed by atoms with Crippen LogP contribution >= 0.6 is 11.8 Å². The van der Waals surface area contributed by atoms with E-state index in [2.05, 4.69) is 20.6 Å². The van der Waals surface area contributed by atoms with E-state index < -0.39 is 24.5 Å². The van der Waals surface area contributed by atoms with Gasteiger partial charge in [-0.1, -0.05) is 0 Å². The smallest absolute Gasteiger partial charge is 0.414 e. The molecule has 2 amide bonds. The number of thioether (sulfide) groups is 1. The van der Waals surface area contributed by atoms with Crippen LogP contribution in [0.25, 0.3) is 11.0 Å². The molecule has 5 rings (SSSR count). The summed E-state index contributed by atoms with van der Waals surface area (Å²) in [5, 5.41) is 26.9. The minimum atomic E-state index is -1.10. The Balaban J connectivity index is 1.19. The van der Waals surface area contributed by atoms with E-state index in [0.717, 1.165) is 10.5 Å². The number of hydrogen-bond acceptors (Lipinski definition) is 10. The summed E-state index contributed by atoms with van der Waals surface area (Å²) in [6.07, 6.45) is -1.96. The predicted molar refractivity (Wildman–Crippen MR) is 133 cm³/mol. The topological polar surface area (TPSA) is 146 Å². The number of aromatic nitrogens is 2. The van der Waals surface area contributed by atoms with Gasteiger partial charge in [-0.05, 0) is 35.9 Å². The Bertz CT molecular complexity index is 1310. The van der Waals surface area contributed by atoms with Crippen molar-refractivity contribution in [1.29, 1.82) is 0 Å². The highest BCUT2D eigenvalue weighted by Gasteiger charge is 2.37. The molecule has 0 aliphatic carbocycles. The number of rotatable bonds is 8. The van der Waals surface area contributed by atoms with E-state index in [1.807, 2.05) is 6.07 Å². The molecule has 2 aliphatic heterocycles. The van der Waals surface area contributed by atoms with Crippen LogP contribution in [-0.4, -0.2) is 70.0 Å². The average Bonchev–Trinajstić information content (AvgIpc) is 3.28. The molecule has 36 heavy (non-hydrogen) atoms. The zero-order chi connectivity index (χ0) is 25.2. The lowest BCUT2D eigenvalue weighted by molar-refractivity contribution is -0.113. The second kappa shape index (κ2) is 10.3. The molecule has 11 nitrogen and oxygen atoms in total. The molecule has 4 N–H and O–H groups in total. The van der Waals surface area contributed by atoms with E-state index >= 15 is 0 Å². The summed E-state index contributed by atoms with van der Waals surface area (Å²) in [5.41, 5.74) is 3.35. The van der Waals surface area contributed by atoms with Gasteiger partial charge < -0.3 is 25.0 Å². The van der Waals surface area contributed by atoms with E-state index in [9.17, 15) is 19.8 Å². The van der Waals surface area contributed by atoms with Gasteiger partial charge >= 0.3 is 6.09 Å². The van der Waals surface area contributed by atoms with E-state index in [1.54, 1.807) is 36.5 Å². The molecule has 3 aromatic rings. The number of carbonyl (C=O) groups excluding carboxylic acids is 2. The number of aliphatic hydroxyl groups is 2. The first-order chi connectivity index (χ1) is 17.4. The summed E-state index contributed by atoms with van der Waals surface area (Å²) in [4.78, 5) is 35.2. The second-order valence-corrected chi connectivity index (χ2v) is 9.46. The highest BCUT2D eigenvalue weighted by atomic mass is 32.2. The molecule has 2 unspecified atom stereocenters. The molecule has 0 radical (unpaired) electrons. The highest BCUT2D eigenvalue weighted by Crippen LogP contribution is 2.35. The summed E-state index contributed by atoms with van der Waals surface area (Å²) in [7, 11) is 1.53. The third-order valence-corrected chi connectivity index (χ3v) is 7.09. The number of ether oxygens (including phenoxy) is 2. The number of cyclic esters (lactones) is 1. The normalized spacial score (nSPS) is 19.0. The lowest BCUT2D eigenvalue weighted by Crippen LogP contribution is -2.38. The molecule has 0 saturated carbocycles. The molecule has 0 bridgehead atoms. The number of hydrogen-bond donors (Lipinski definition) is 4. The molecule has 2 aliphatic rings. The van der Waals surface area contributed by atoms with Gasteiger partial charge in [0.2, 0.25) is 11.8 Å². The van der Waals surface area contributed by atoms with Gasteiger partial charge in [0, 0.05) is 35.8 Å². The van der Waals surface area contributed by atoms with Crippen molar-refractivity contribution in [2.75, 3.05) is 29.6 Å². The second-order valence-electron chi connectivity index (χ2n) is 8.44.